The molecule has 1 aromatic heterocycles. The Hall–Kier alpha value is -3.98. The number of carbonyl (C=O) groups is 1. The molecule has 33 heavy (non-hydrogen) atoms. The van der Waals surface area contributed by atoms with Crippen LogP contribution in [0.25, 0.3) is 11.3 Å². The number of halogens is 1. The number of nitrogens with one attached hydrogen (secondary N) is 2. The molecule has 0 unspecified atom stereocenters. The van der Waals surface area contributed by atoms with Gasteiger partial charge in [-0.25, -0.2) is 14.4 Å². The molecule has 0 radical (unpaired) electrons. The molecule has 1 aliphatic heterocycles. The average Bonchev–Trinajstić information content (AvgIpc) is 2.86. The van der Waals surface area contributed by atoms with Gasteiger partial charge in [-0.3, -0.25) is 4.79 Å². The number of rotatable bonds is 7. The van der Waals surface area contributed by atoms with E-state index in [1.54, 1.807) is 18.2 Å². The van der Waals surface area contributed by atoms with Crippen LogP contribution in [-0.2, 0) is 9.53 Å². The van der Waals surface area contributed by atoms with Crippen molar-refractivity contribution in [2.45, 2.75) is 0 Å². The van der Waals surface area contributed by atoms with Crippen molar-refractivity contribution in [2.24, 2.45) is 0 Å². The molecule has 9 heteroatoms. The molecule has 2 heterocycles. The Morgan fingerprint density at radius 2 is 2.06 bits per heavy atom. The number of carbonyl (C=O) groups excluding carboxylic acids is 1. The van der Waals surface area contributed by atoms with E-state index in [4.69, 9.17) is 9.47 Å². The van der Waals surface area contributed by atoms with Gasteiger partial charge in [0, 0.05) is 30.0 Å². The maximum absolute atomic E-state index is 14.6. The fraction of sp³-hybridized carbons (Fsp3) is 0.208. The number of amides is 1. The lowest BCUT2D eigenvalue weighted by molar-refractivity contribution is -0.111. The van der Waals surface area contributed by atoms with E-state index < -0.39 is 11.7 Å². The summed E-state index contributed by atoms with van der Waals surface area (Å²) in [6, 6.07) is 12.7. The Balaban J connectivity index is 1.60. The van der Waals surface area contributed by atoms with Gasteiger partial charge in [0.15, 0.2) is 5.82 Å². The molecule has 1 saturated heterocycles. The van der Waals surface area contributed by atoms with Crippen LogP contribution in [0.4, 0.5) is 27.4 Å². The van der Waals surface area contributed by atoms with Crippen LogP contribution < -0.4 is 20.3 Å². The normalized spacial score (nSPS) is 13.3. The smallest absolute Gasteiger partial charge is 0.247 e. The first-order valence-electron chi connectivity index (χ1n) is 10.4. The zero-order valence-corrected chi connectivity index (χ0v) is 18.2. The summed E-state index contributed by atoms with van der Waals surface area (Å²) in [5.74, 6) is -0.315. The van der Waals surface area contributed by atoms with Gasteiger partial charge in [-0.2, -0.15) is 0 Å². The molecule has 0 aliphatic carbocycles. The third-order valence-electron chi connectivity index (χ3n) is 5.14. The van der Waals surface area contributed by atoms with Crippen molar-refractivity contribution >= 4 is 28.9 Å². The summed E-state index contributed by atoms with van der Waals surface area (Å²) < 4.78 is 25.3. The lowest BCUT2D eigenvalue weighted by atomic mass is 10.1. The summed E-state index contributed by atoms with van der Waals surface area (Å²) in [6.45, 7) is 6.48. The standard InChI is InChI=1S/C24H24FN5O3/c1-3-22(31)28-20-13-16(7-8-21(20)32-2)23-19(25)15-26-24(29-23)27-17-5-4-6-18(14-17)30-9-11-33-12-10-30/h3-8,13-15H,1,9-12H2,2H3,(H,28,31)(H,26,27,29). The molecule has 8 nitrogen and oxygen atoms in total. The van der Waals surface area contributed by atoms with Crippen molar-refractivity contribution < 1.29 is 18.7 Å². The zero-order chi connectivity index (χ0) is 23.2. The maximum atomic E-state index is 14.6. The van der Waals surface area contributed by atoms with Gasteiger partial charge in [-0.05, 0) is 42.5 Å². The van der Waals surface area contributed by atoms with Crippen LogP contribution in [0.3, 0.4) is 0 Å². The van der Waals surface area contributed by atoms with Crippen molar-refractivity contribution in [1.82, 2.24) is 9.97 Å². The third kappa shape index (κ3) is 5.27. The fourth-order valence-electron chi connectivity index (χ4n) is 3.50. The minimum atomic E-state index is -0.589. The molecule has 1 amide bonds. The van der Waals surface area contributed by atoms with Crippen molar-refractivity contribution in [2.75, 3.05) is 48.9 Å². The van der Waals surface area contributed by atoms with Crippen LogP contribution in [0, 0.1) is 5.82 Å². The van der Waals surface area contributed by atoms with Crippen molar-refractivity contribution in [3.05, 3.63) is 67.1 Å². The van der Waals surface area contributed by atoms with E-state index in [0.29, 0.717) is 30.2 Å². The molecular formula is C24H24FN5O3. The largest absolute Gasteiger partial charge is 0.495 e. The van der Waals surface area contributed by atoms with Crippen LogP contribution in [0.1, 0.15) is 0 Å². The molecular weight excluding hydrogens is 425 g/mol. The SMILES string of the molecule is C=CC(=O)Nc1cc(-c2nc(Nc3cccc(N4CCOCC4)c3)ncc2F)ccc1OC. The Labute approximate surface area is 191 Å². The van der Waals surface area contributed by atoms with E-state index in [1.165, 1.54) is 7.11 Å². The number of nitrogens with zero attached hydrogens (tertiary/aromatic N) is 3. The van der Waals surface area contributed by atoms with E-state index >= 15 is 0 Å². The highest BCUT2D eigenvalue weighted by Crippen LogP contribution is 2.32. The second-order valence-electron chi connectivity index (χ2n) is 7.27. The number of hydrogen-bond acceptors (Lipinski definition) is 7. The third-order valence-corrected chi connectivity index (χ3v) is 5.14. The summed E-state index contributed by atoms with van der Waals surface area (Å²) >= 11 is 0. The minimum absolute atomic E-state index is 0.0913. The van der Waals surface area contributed by atoms with Gasteiger partial charge in [0.1, 0.15) is 11.4 Å². The Morgan fingerprint density at radius 3 is 2.82 bits per heavy atom. The quantitative estimate of drug-likeness (QED) is 0.527. The van der Waals surface area contributed by atoms with Gasteiger partial charge in [0.05, 0.1) is 32.2 Å². The molecule has 0 atom stereocenters. The summed E-state index contributed by atoms with van der Waals surface area (Å²) in [4.78, 5) is 22.4. The van der Waals surface area contributed by atoms with Crippen molar-refractivity contribution in [1.29, 1.82) is 0 Å². The molecule has 2 aromatic carbocycles. The van der Waals surface area contributed by atoms with E-state index in [1.807, 2.05) is 24.3 Å². The number of ether oxygens (including phenoxy) is 2. The first-order chi connectivity index (χ1) is 16.1. The number of hydrogen-bond donors (Lipinski definition) is 2. The Bertz CT molecular complexity index is 1160. The van der Waals surface area contributed by atoms with Crippen LogP contribution in [0.15, 0.2) is 61.3 Å². The molecule has 2 N–H and O–H groups in total. The van der Waals surface area contributed by atoms with E-state index in [-0.39, 0.29) is 11.6 Å². The predicted octanol–water partition coefficient (Wildman–Crippen LogP) is 4.00. The number of morpholine rings is 1. The highest BCUT2D eigenvalue weighted by molar-refractivity contribution is 6.00. The first-order valence-corrected chi connectivity index (χ1v) is 10.4. The lowest BCUT2D eigenvalue weighted by Crippen LogP contribution is -2.36. The van der Waals surface area contributed by atoms with Gasteiger partial charge in [-0.15, -0.1) is 0 Å². The minimum Gasteiger partial charge on any atom is -0.495 e. The summed E-state index contributed by atoms with van der Waals surface area (Å²) in [5, 5.41) is 5.80. The van der Waals surface area contributed by atoms with Crippen molar-refractivity contribution in [3.63, 3.8) is 0 Å². The molecule has 0 spiro atoms. The molecule has 1 aliphatic rings. The zero-order valence-electron chi connectivity index (χ0n) is 18.2. The van der Waals surface area contributed by atoms with Gasteiger partial charge in [0.25, 0.3) is 0 Å². The van der Waals surface area contributed by atoms with Gasteiger partial charge in [-0.1, -0.05) is 12.6 Å². The number of methoxy groups -OCH3 is 1. The van der Waals surface area contributed by atoms with Crippen LogP contribution >= 0.6 is 0 Å². The number of anilines is 4. The Morgan fingerprint density at radius 1 is 1.24 bits per heavy atom. The monoisotopic (exact) mass is 449 g/mol. The maximum Gasteiger partial charge on any atom is 0.247 e. The van der Waals surface area contributed by atoms with E-state index in [2.05, 4.69) is 32.1 Å². The highest BCUT2D eigenvalue weighted by atomic mass is 19.1. The van der Waals surface area contributed by atoms with Crippen LogP contribution in [0.2, 0.25) is 0 Å². The van der Waals surface area contributed by atoms with E-state index in [0.717, 1.165) is 36.7 Å². The van der Waals surface area contributed by atoms with Crippen LogP contribution in [-0.4, -0.2) is 49.3 Å². The number of aromatic nitrogens is 2. The Kier molecular flexibility index (Phi) is 6.80. The van der Waals surface area contributed by atoms with Gasteiger partial charge in [0.2, 0.25) is 11.9 Å². The molecule has 0 bridgehead atoms. The lowest BCUT2D eigenvalue weighted by Gasteiger charge is -2.29. The average molecular weight is 449 g/mol. The summed E-state index contributed by atoms with van der Waals surface area (Å²) in [6.07, 6.45) is 2.26. The number of benzene rings is 2. The molecule has 0 saturated carbocycles. The predicted molar refractivity (Wildman–Crippen MR) is 126 cm³/mol. The first kappa shape index (κ1) is 22.2. The summed E-state index contributed by atoms with van der Waals surface area (Å²) in [7, 11) is 1.48. The molecule has 3 aromatic rings. The second-order valence-corrected chi connectivity index (χ2v) is 7.27. The van der Waals surface area contributed by atoms with Gasteiger partial charge >= 0.3 is 0 Å². The summed E-state index contributed by atoms with van der Waals surface area (Å²) in [5.41, 5.74) is 2.77. The highest BCUT2D eigenvalue weighted by Gasteiger charge is 2.15. The molecule has 170 valence electrons. The van der Waals surface area contributed by atoms with Crippen LogP contribution in [0.5, 0.6) is 5.75 Å². The van der Waals surface area contributed by atoms with Crippen molar-refractivity contribution in [3.8, 4) is 17.0 Å². The molecule has 4 rings (SSSR count). The molecule has 1 fully saturated rings. The fourth-order valence-corrected chi connectivity index (χ4v) is 3.50. The topological polar surface area (TPSA) is 88.6 Å². The second kappa shape index (κ2) is 10.1. The van der Waals surface area contributed by atoms with E-state index in [9.17, 15) is 9.18 Å². The van der Waals surface area contributed by atoms with Gasteiger partial charge < -0.3 is 25.0 Å².